The van der Waals surface area contributed by atoms with Gasteiger partial charge in [-0.3, -0.25) is 9.69 Å². The van der Waals surface area contributed by atoms with Crippen molar-refractivity contribution in [1.29, 1.82) is 0 Å². The zero-order valence-corrected chi connectivity index (χ0v) is 11.2. The monoisotopic (exact) mass is 226 g/mol. The summed E-state index contributed by atoms with van der Waals surface area (Å²) in [5.41, 5.74) is 0. The largest absolute Gasteiger partial charge is 0.340 e. The Balaban J connectivity index is 2.37. The lowest BCUT2D eigenvalue weighted by Gasteiger charge is -2.40. The molecule has 0 aromatic carbocycles. The van der Waals surface area contributed by atoms with Crippen LogP contribution < -0.4 is 0 Å². The standard InChI is InChI=1S/C13H26N2O/c1-5-13(16)15-9-8-14(12(4)10-15)7-6-11(2)3/h11-12H,5-10H2,1-4H3. The van der Waals surface area contributed by atoms with Crippen LogP contribution in [0.25, 0.3) is 0 Å². The summed E-state index contributed by atoms with van der Waals surface area (Å²) in [7, 11) is 0. The van der Waals surface area contributed by atoms with Gasteiger partial charge in [0.25, 0.3) is 0 Å². The third-order valence-electron chi connectivity index (χ3n) is 3.41. The Labute approximate surface area is 99.8 Å². The number of carbonyl (C=O) groups excluding carboxylic acids is 1. The van der Waals surface area contributed by atoms with Crippen LogP contribution in [-0.4, -0.2) is 47.9 Å². The number of amides is 1. The van der Waals surface area contributed by atoms with Crippen molar-refractivity contribution in [3.8, 4) is 0 Å². The molecule has 1 aliphatic rings. The van der Waals surface area contributed by atoms with Gasteiger partial charge in [0.05, 0.1) is 0 Å². The molecule has 1 unspecified atom stereocenters. The first-order valence-corrected chi connectivity index (χ1v) is 6.56. The van der Waals surface area contributed by atoms with E-state index in [4.69, 9.17) is 0 Å². The number of nitrogens with zero attached hydrogens (tertiary/aromatic N) is 2. The maximum Gasteiger partial charge on any atom is 0.222 e. The van der Waals surface area contributed by atoms with Crippen LogP contribution in [0.2, 0.25) is 0 Å². The Morgan fingerprint density at radius 2 is 2.06 bits per heavy atom. The van der Waals surface area contributed by atoms with Gasteiger partial charge in [-0.1, -0.05) is 20.8 Å². The molecule has 1 rings (SSSR count). The van der Waals surface area contributed by atoms with Crippen LogP contribution in [0.4, 0.5) is 0 Å². The Morgan fingerprint density at radius 3 is 2.56 bits per heavy atom. The highest BCUT2D eigenvalue weighted by Gasteiger charge is 2.25. The molecular weight excluding hydrogens is 200 g/mol. The van der Waals surface area contributed by atoms with Crippen LogP contribution in [0, 0.1) is 5.92 Å². The van der Waals surface area contributed by atoms with E-state index in [-0.39, 0.29) is 0 Å². The second kappa shape index (κ2) is 6.24. The van der Waals surface area contributed by atoms with E-state index in [1.54, 1.807) is 0 Å². The van der Waals surface area contributed by atoms with E-state index in [1.165, 1.54) is 13.0 Å². The van der Waals surface area contributed by atoms with Crippen molar-refractivity contribution >= 4 is 5.91 Å². The molecule has 0 spiro atoms. The molecular formula is C13H26N2O. The zero-order chi connectivity index (χ0) is 12.1. The zero-order valence-electron chi connectivity index (χ0n) is 11.2. The number of rotatable bonds is 4. The van der Waals surface area contributed by atoms with Crippen molar-refractivity contribution in [3.63, 3.8) is 0 Å². The average molecular weight is 226 g/mol. The molecule has 1 aliphatic heterocycles. The highest BCUT2D eigenvalue weighted by Crippen LogP contribution is 2.12. The van der Waals surface area contributed by atoms with Crippen molar-refractivity contribution in [2.75, 3.05) is 26.2 Å². The minimum atomic E-state index is 0.301. The summed E-state index contributed by atoms with van der Waals surface area (Å²) in [6.45, 7) is 12.7. The van der Waals surface area contributed by atoms with E-state index in [1.807, 2.05) is 11.8 Å². The molecule has 1 saturated heterocycles. The van der Waals surface area contributed by atoms with E-state index in [2.05, 4.69) is 25.7 Å². The highest BCUT2D eigenvalue weighted by molar-refractivity contribution is 5.75. The van der Waals surface area contributed by atoms with E-state index < -0.39 is 0 Å². The maximum absolute atomic E-state index is 11.6. The van der Waals surface area contributed by atoms with Crippen molar-refractivity contribution in [2.45, 2.75) is 46.6 Å². The van der Waals surface area contributed by atoms with Gasteiger partial charge in [-0.05, 0) is 25.8 Å². The molecule has 0 aliphatic carbocycles. The molecule has 3 nitrogen and oxygen atoms in total. The van der Waals surface area contributed by atoms with Gasteiger partial charge in [-0.15, -0.1) is 0 Å². The van der Waals surface area contributed by atoms with Gasteiger partial charge in [0.1, 0.15) is 0 Å². The van der Waals surface area contributed by atoms with Gasteiger partial charge in [-0.2, -0.15) is 0 Å². The first-order valence-electron chi connectivity index (χ1n) is 6.56. The number of hydrogen-bond acceptors (Lipinski definition) is 2. The number of carbonyl (C=O) groups is 1. The second-order valence-corrected chi connectivity index (χ2v) is 5.26. The minimum Gasteiger partial charge on any atom is -0.340 e. The molecule has 0 radical (unpaired) electrons. The fourth-order valence-electron chi connectivity index (χ4n) is 2.20. The van der Waals surface area contributed by atoms with Gasteiger partial charge in [0.15, 0.2) is 0 Å². The molecule has 0 aromatic heterocycles. The van der Waals surface area contributed by atoms with Crippen molar-refractivity contribution in [3.05, 3.63) is 0 Å². The van der Waals surface area contributed by atoms with Crippen LogP contribution in [-0.2, 0) is 4.79 Å². The molecule has 0 aromatic rings. The Hall–Kier alpha value is -0.570. The highest BCUT2D eigenvalue weighted by atomic mass is 16.2. The number of hydrogen-bond donors (Lipinski definition) is 0. The molecule has 3 heteroatoms. The predicted molar refractivity (Wildman–Crippen MR) is 67.4 cm³/mol. The molecule has 0 bridgehead atoms. The van der Waals surface area contributed by atoms with Crippen LogP contribution >= 0.6 is 0 Å². The van der Waals surface area contributed by atoms with Gasteiger partial charge in [0, 0.05) is 32.1 Å². The minimum absolute atomic E-state index is 0.301. The summed E-state index contributed by atoms with van der Waals surface area (Å²) in [6, 6.07) is 0.517. The lowest BCUT2D eigenvalue weighted by atomic mass is 10.1. The third-order valence-corrected chi connectivity index (χ3v) is 3.41. The first kappa shape index (κ1) is 13.5. The summed E-state index contributed by atoms with van der Waals surface area (Å²) >= 11 is 0. The Bertz CT molecular complexity index is 228. The third kappa shape index (κ3) is 3.78. The fourth-order valence-corrected chi connectivity index (χ4v) is 2.20. The lowest BCUT2D eigenvalue weighted by molar-refractivity contribution is -0.133. The fraction of sp³-hybridized carbons (Fsp3) is 0.923. The van der Waals surface area contributed by atoms with Crippen LogP contribution in [0.5, 0.6) is 0 Å². The summed E-state index contributed by atoms with van der Waals surface area (Å²) in [5, 5.41) is 0. The predicted octanol–water partition coefficient (Wildman–Crippen LogP) is 1.98. The number of piperazine rings is 1. The maximum atomic E-state index is 11.6. The normalized spacial score (nSPS) is 22.8. The summed E-state index contributed by atoms with van der Waals surface area (Å²) in [5.74, 6) is 1.07. The molecule has 1 atom stereocenters. The van der Waals surface area contributed by atoms with Crippen molar-refractivity contribution in [2.24, 2.45) is 5.92 Å². The van der Waals surface area contributed by atoms with Crippen LogP contribution in [0.3, 0.4) is 0 Å². The van der Waals surface area contributed by atoms with Crippen molar-refractivity contribution in [1.82, 2.24) is 9.80 Å². The Kier molecular flexibility index (Phi) is 5.26. The summed E-state index contributed by atoms with van der Waals surface area (Å²) in [6.07, 6.45) is 1.89. The topological polar surface area (TPSA) is 23.6 Å². The molecule has 94 valence electrons. The smallest absolute Gasteiger partial charge is 0.222 e. The SMILES string of the molecule is CCC(=O)N1CCN(CCC(C)C)C(C)C1. The first-order chi connectivity index (χ1) is 7.54. The quantitative estimate of drug-likeness (QED) is 0.732. The van der Waals surface area contributed by atoms with Gasteiger partial charge < -0.3 is 4.90 Å². The van der Waals surface area contributed by atoms with Crippen LogP contribution in [0.1, 0.15) is 40.5 Å². The molecule has 1 heterocycles. The molecule has 1 amide bonds. The van der Waals surface area contributed by atoms with E-state index in [0.717, 1.165) is 25.6 Å². The second-order valence-electron chi connectivity index (χ2n) is 5.26. The van der Waals surface area contributed by atoms with Crippen molar-refractivity contribution < 1.29 is 4.79 Å². The molecule has 1 fully saturated rings. The lowest BCUT2D eigenvalue weighted by Crippen LogP contribution is -2.53. The van der Waals surface area contributed by atoms with E-state index in [9.17, 15) is 4.79 Å². The molecule has 0 N–H and O–H groups in total. The average Bonchev–Trinajstić information content (AvgIpc) is 2.26. The Morgan fingerprint density at radius 1 is 1.38 bits per heavy atom. The summed E-state index contributed by atoms with van der Waals surface area (Å²) in [4.78, 5) is 16.1. The van der Waals surface area contributed by atoms with Gasteiger partial charge >= 0.3 is 0 Å². The summed E-state index contributed by atoms with van der Waals surface area (Å²) < 4.78 is 0. The van der Waals surface area contributed by atoms with Gasteiger partial charge in [-0.25, -0.2) is 0 Å². The van der Waals surface area contributed by atoms with Gasteiger partial charge in [0.2, 0.25) is 5.91 Å². The van der Waals surface area contributed by atoms with E-state index >= 15 is 0 Å². The van der Waals surface area contributed by atoms with Crippen LogP contribution in [0.15, 0.2) is 0 Å². The molecule has 0 saturated carbocycles. The van der Waals surface area contributed by atoms with E-state index in [0.29, 0.717) is 18.4 Å². The molecule has 16 heavy (non-hydrogen) atoms.